The maximum absolute atomic E-state index is 12.7. The number of rotatable bonds is 13. The third kappa shape index (κ3) is 6.83. The molecule has 44 heavy (non-hydrogen) atoms. The van der Waals surface area contributed by atoms with Gasteiger partial charge in [-0.1, -0.05) is 34.4 Å². The van der Waals surface area contributed by atoms with E-state index in [0.717, 1.165) is 49.2 Å². The molecule has 0 unspecified atom stereocenters. The molecule has 0 spiro atoms. The molecular formula is C32H34Cl2N2O7S. The first-order valence-corrected chi connectivity index (χ1v) is 17.5. The lowest BCUT2D eigenvalue weighted by Gasteiger charge is -2.33. The molecule has 2 saturated carbocycles. The van der Waals surface area contributed by atoms with Crippen LogP contribution in [0.1, 0.15) is 66.6 Å². The van der Waals surface area contributed by atoms with E-state index in [9.17, 15) is 18.0 Å². The number of anilines is 1. The van der Waals surface area contributed by atoms with E-state index in [2.05, 4.69) is 10.1 Å². The van der Waals surface area contributed by atoms with E-state index < -0.39 is 27.3 Å². The van der Waals surface area contributed by atoms with Gasteiger partial charge < -0.3 is 18.9 Å². The van der Waals surface area contributed by atoms with E-state index in [4.69, 9.17) is 37.2 Å². The number of carbonyl (C=O) groups is 2. The molecule has 2 aromatic carbocycles. The quantitative estimate of drug-likeness (QED) is 0.119. The fourth-order valence-electron chi connectivity index (χ4n) is 6.35. The summed E-state index contributed by atoms with van der Waals surface area (Å²) in [4.78, 5) is 25.9. The summed E-state index contributed by atoms with van der Waals surface area (Å²) in [5.74, 6) is -0.112. The number of hydrogen-bond acceptors (Lipinski definition) is 9. The minimum atomic E-state index is -3.60. The number of hydrogen-bond donors (Lipinski definition) is 0. The summed E-state index contributed by atoms with van der Waals surface area (Å²) in [5, 5.41) is 5.42. The van der Waals surface area contributed by atoms with E-state index in [-0.39, 0.29) is 24.9 Å². The molecular weight excluding hydrogens is 627 g/mol. The Bertz CT molecular complexity index is 1630. The monoisotopic (exact) mass is 660 g/mol. The Labute approximate surface area is 266 Å². The molecule has 2 bridgehead atoms. The number of esters is 1. The van der Waals surface area contributed by atoms with E-state index in [1.807, 2.05) is 12.1 Å². The Hall–Kier alpha value is -2.92. The van der Waals surface area contributed by atoms with Crippen molar-refractivity contribution in [1.82, 2.24) is 5.16 Å². The lowest BCUT2D eigenvalue weighted by molar-refractivity contribution is -0.140. The molecule has 1 aliphatic heterocycles. The van der Waals surface area contributed by atoms with Crippen LogP contribution < -0.4 is 4.90 Å². The standard InChI is InChI=1S/C32H34Cl2N2O7S/c1-19(37)41-12-3-13-44(39,40)18-28(38)20-8-10-23(11-9-20)36-16-22-14-24(36)15-29(22)42-17-25-31(35-43-32(25)21-6-7-21)30-26(33)4-2-5-27(30)34/h2,4-5,8-11,21-22,24,29H,3,6-7,12-18H2,1H3/t22-,24-,29+/m0/s1. The first kappa shape index (κ1) is 31.1. The third-order valence-corrected chi connectivity index (χ3v) is 10.9. The van der Waals surface area contributed by atoms with Crippen molar-refractivity contribution in [2.75, 3.05) is 29.6 Å². The van der Waals surface area contributed by atoms with E-state index in [0.29, 0.717) is 51.4 Å². The smallest absolute Gasteiger partial charge is 0.302 e. The third-order valence-electron chi connectivity index (χ3n) is 8.66. The number of ether oxygens (including phenoxy) is 2. The average Bonchev–Trinajstić information content (AvgIpc) is 3.43. The van der Waals surface area contributed by atoms with Gasteiger partial charge in [-0.05, 0) is 68.5 Å². The van der Waals surface area contributed by atoms with Crippen LogP contribution >= 0.6 is 23.2 Å². The maximum Gasteiger partial charge on any atom is 0.302 e. The molecule has 3 aromatic rings. The molecule has 2 aliphatic carbocycles. The van der Waals surface area contributed by atoms with Crippen molar-refractivity contribution < 1.29 is 32.0 Å². The molecule has 1 aromatic heterocycles. The summed E-state index contributed by atoms with van der Waals surface area (Å²) in [5.41, 5.74) is 3.61. The van der Waals surface area contributed by atoms with Crippen LogP contribution in [0.25, 0.3) is 11.3 Å². The number of nitrogens with zero attached hydrogens (tertiary/aromatic N) is 2. The molecule has 3 aliphatic rings. The zero-order chi connectivity index (χ0) is 31.0. The Morgan fingerprint density at radius 1 is 1.07 bits per heavy atom. The van der Waals surface area contributed by atoms with Crippen molar-refractivity contribution in [2.45, 2.75) is 63.7 Å². The minimum Gasteiger partial charge on any atom is -0.466 e. The van der Waals surface area contributed by atoms with Gasteiger partial charge in [-0.25, -0.2) is 8.42 Å². The topological polar surface area (TPSA) is 116 Å². The molecule has 2 heterocycles. The van der Waals surface area contributed by atoms with Crippen molar-refractivity contribution in [3.63, 3.8) is 0 Å². The predicted octanol–water partition coefficient (Wildman–Crippen LogP) is 6.26. The van der Waals surface area contributed by atoms with Crippen molar-refractivity contribution in [2.24, 2.45) is 5.92 Å². The molecule has 1 saturated heterocycles. The van der Waals surface area contributed by atoms with Gasteiger partial charge in [0, 0.05) is 53.7 Å². The number of ketones is 1. The molecule has 12 heteroatoms. The highest BCUT2D eigenvalue weighted by atomic mass is 35.5. The number of aromatic nitrogens is 1. The van der Waals surface area contributed by atoms with Gasteiger partial charge in [0.25, 0.3) is 0 Å². The number of carbonyl (C=O) groups excluding carboxylic acids is 2. The fourth-order valence-corrected chi connectivity index (χ4v) is 8.20. The number of fused-ring (bicyclic) bond motifs is 2. The second kappa shape index (κ2) is 12.8. The number of halogens is 2. The largest absolute Gasteiger partial charge is 0.466 e. The summed E-state index contributed by atoms with van der Waals surface area (Å²) < 4.78 is 41.8. The van der Waals surface area contributed by atoms with Crippen molar-refractivity contribution in [3.05, 3.63) is 69.4 Å². The highest BCUT2D eigenvalue weighted by Crippen LogP contribution is 2.47. The van der Waals surface area contributed by atoms with Gasteiger partial charge in [-0.15, -0.1) is 0 Å². The summed E-state index contributed by atoms with van der Waals surface area (Å²) in [6, 6.07) is 12.9. The van der Waals surface area contributed by atoms with Gasteiger partial charge in [-0.2, -0.15) is 0 Å². The molecule has 0 radical (unpaired) electrons. The molecule has 0 N–H and O–H groups in total. The lowest BCUT2D eigenvalue weighted by atomic mass is 10.0. The second-order valence-electron chi connectivity index (χ2n) is 11.9. The van der Waals surface area contributed by atoms with E-state index >= 15 is 0 Å². The molecule has 3 fully saturated rings. The minimum absolute atomic E-state index is 0.0157. The van der Waals surface area contributed by atoms with Crippen LogP contribution in [0.4, 0.5) is 5.69 Å². The lowest BCUT2D eigenvalue weighted by Crippen LogP contribution is -2.38. The normalized spacial score (nSPS) is 21.2. The summed E-state index contributed by atoms with van der Waals surface area (Å²) >= 11 is 13.0. The Kier molecular flexibility index (Phi) is 9.06. The van der Waals surface area contributed by atoms with Crippen LogP contribution in [0, 0.1) is 5.92 Å². The molecule has 9 nitrogen and oxygen atoms in total. The summed E-state index contributed by atoms with van der Waals surface area (Å²) in [6.07, 6.45) is 4.29. The van der Waals surface area contributed by atoms with Crippen LogP contribution in [-0.2, 0) is 30.7 Å². The first-order valence-electron chi connectivity index (χ1n) is 14.9. The van der Waals surface area contributed by atoms with Crippen molar-refractivity contribution in [3.8, 4) is 11.3 Å². The maximum atomic E-state index is 12.7. The van der Waals surface area contributed by atoms with Crippen LogP contribution in [0.5, 0.6) is 0 Å². The van der Waals surface area contributed by atoms with Crippen LogP contribution in [0.2, 0.25) is 10.0 Å². The summed E-state index contributed by atoms with van der Waals surface area (Å²) in [6.45, 7) is 2.49. The Morgan fingerprint density at radius 3 is 2.43 bits per heavy atom. The predicted molar refractivity (Wildman–Crippen MR) is 167 cm³/mol. The van der Waals surface area contributed by atoms with Crippen molar-refractivity contribution in [1.29, 1.82) is 0 Å². The molecule has 234 valence electrons. The number of benzene rings is 2. The average molecular weight is 662 g/mol. The molecule has 0 amide bonds. The van der Waals surface area contributed by atoms with Crippen LogP contribution in [0.3, 0.4) is 0 Å². The number of piperidine rings is 1. The van der Waals surface area contributed by atoms with Gasteiger partial charge in [0.2, 0.25) is 0 Å². The van der Waals surface area contributed by atoms with Gasteiger partial charge in [0.05, 0.1) is 35.1 Å². The first-order chi connectivity index (χ1) is 21.1. The van der Waals surface area contributed by atoms with Gasteiger partial charge >= 0.3 is 5.97 Å². The highest BCUT2D eigenvalue weighted by molar-refractivity contribution is 7.92. The second-order valence-corrected chi connectivity index (χ2v) is 14.9. The van der Waals surface area contributed by atoms with Gasteiger partial charge in [-0.3, -0.25) is 9.59 Å². The van der Waals surface area contributed by atoms with Gasteiger partial charge in [0.15, 0.2) is 15.6 Å². The van der Waals surface area contributed by atoms with E-state index in [1.165, 1.54) is 6.92 Å². The number of Topliss-reactive ketones (excluding diaryl/α,β-unsaturated/α-hetero) is 1. The van der Waals surface area contributed by atoms with E-state index in [1.54, 1.807) is 30.3 Å². The molecule has 3 atom stereocenters. The summed E-state index contributed by atoms with van der Waals surface area (Å²) in [7, 11) is -3.60. The van der Waals surface area contributed by atoms with Crippen molar-refractivity contribution >= 4 is 50.5 Å². The highest BCUT2D eigenvalue weighted by Gasteiger charge is 2.45. The fraction of sp³-hybridized carbons (Fsp3) is 0.469. The van der Waals surface area contributed by atoms with Gasteiger partial charge in [0.1, 0.15) is 17.2 Å². The zero-order valence-corrected chi connectivity index (χ0v) is 26.7. The Balaban J connectivity index is 1.05. The SMILES string of the molecule is CC(=O)OCCCS(=O)(=O)CC(=O)c1ccc(N2C[C@@H]3C[C@H]2C[C@H]3OCc2c(-c3c(Cl)cccc3Cl)noc2C2CC2)cc1. The van der Waals surface area contributed by atoms with Crippen LogP contribution in [-0.4, -0.2) is 62.1 Å². The Morgan fingerprint density at radius 2 is 1.80 bits per heavy atom. The number of sulfone groups is 1. The zero-order valence-electron chi connectivity index (χ0n) is 24.3. The van der Waals surface area contributed by atoms with Crippen LogP contribution in [0.15, 0.2) is 47.0 Å². The molecule has 6 rings (SSSR count).